The van der Waals surface area contributed by atoms with E-state index >= 15 is 0 Å². The lowest BCUT2D eigenvalue weighted by Crippen LogP contribution is -2.23. The minimum atomic E-state index is -0.639. The minimum absolute atomic E-state index is 0.0219. The maximum absolute atomic E-state index is 12.7. The molecule has 0 saturated carbocycles. The molecule has 0 bridgehead atoms. The van der Waals surface area contributed by atoms with Crippen molar-refractivity contribution < 1.29 is 19.1 Å². The molecule has 0 aliphatic rings. The number of amides is 1. The highest BCUT2D eigenvalue weighted by Crippen LogP contribution is 2.30. The predicted octanol–water partition coefficient (Wildman–Crippen LogP) is 5.34. The SMILES string of the molecule is Cc1c(-c2cnc(COC(=O)C(C)(C)C)nc2)nn(-c2ccccc2)c1NC(=O)Oc1ccccc1. The number of hydrogen-bond acceptors (Lipinski definition) is 7. The zero-order chi connectivity index (χ0) is 25.7. The van der Waals surface area contributed by atoms with Gasteiger partial charge in [0.1, 0.15) is 17.3 Å². The van der Waals surface area contributed by atoms with E-state index in [2.05, 4.69) is 15.3 Å². The van der Waals surface area contributed by atoms with Crippen LogP contribution in [0.4, 0.5) is 10.6 Å². The third-order valence-corrected chi connectivity index (χ3v) is 5.22. The highest BCUT2D eigenvalue weighted by molar-refractivity contribution is 5.88. The van der Waals surface area contributed by atoms with Crippen LogP contribution in [0.2, 0.25) is 0 Å². The Morgan fingerprint density at radius 3 is 2.17 bits per heavy atom. The number of carbonyl (C=O) groups excluding carboxylic acids is 2. The number of benzene rings is 2. The summed E-state index contributed by atoms with van der Waals surface area (Å²) in [5.41, 5.74) is 2.10. The lowest BCUT2D eigenvalue weighted by molar-refractivity contribution is -0.154. The van der Waals surface area contributed by atoms with E-state index in [0.29, 0.717) is 34.2 Å². The minimum Gasteiger partial charge on any atom is -0.457 e. The number of nitrogens with zero attached hydrogens (tertiary/aromatic N) is 4. The zero-order valence-electron chi connectivity index (χ0n) is 20.6. The first-order valence-electron chi connectivity index (χ1n) is 11.4. The molecule has 0 fully saturated rings. The third-order valence-electron chi connectivity index (χ3n) is 5.22. The van der Waals surface area contributed by atoms with Gasteiger partial charge < -0.3 is 9.47 Å². The quantitative estimate of drug-likeness (QED) is 0.367. The number of nitrogens with one attached hydrogen (secondary N) is 1. The number of para-hydroxylation sites is 2. The number of hydrogen-bond donors (Lipinski definition) is 1. The Morgan fingerprint density at radius 2 is 1.56 bits per heavy atom. The van der Waals surface area contributed by atoms with Gasteiger partial charge in [-0.05, 0) is 52.0 Å². The normalized spacial score (nSPS) is 11.1. The number of carbonyl (C=O) groups is 2. The summed E-state index contributed by atoms with van der Waals surface area (Å²) in [4.78, 5) is 33.3. The molecule has 4 rings (SSSR count). The van der Waals surface area contributed by atoms with E-state index in [1.54, 1.807) is 62.1 Å². The summed E-state index contributed by atoms with van der Waals surface area (Å²) in [5, 5.41) is 7.54. The van der Waals surface area contributed by atoms with E-state index in [1.165, 1.54) is 0 Å². The number of anilines is 1. The maximum atomic E-state index is 12.7. The van der Waals surface area contributed by atoms with Gasteiger partial charge in [0, 0.05) is 23.5 Å². The van der Waals surface area contributed by atoms with E-state index in [9.17, 15) is 9.59 Å². The summed E-state index contributed by atoms with van der Waals surface area (Å²) in [6, 6.07) is 18.2. The standard InChI is InChI=1S/C27H27N5O4/c1-18-23(19-15-28-22(29-16-19)17-35-25(33)27(2,3)4)31-32(20-11-7-5-8-12-20)24(18)30-26(34)36-21-13-9-6-10-14-21/h5-16H,17H2,1-4H3,(H,30,34). The Labute approximate surface area is 209 Å². The van der Waals surface area contributed by atoms with Crippen LogP contribution in [-0.2, 0) is 16.1 Å². The average Bonchev–Trinajstić information content (AvgIpc) is 3.19. The number of aromatic nitrogens is 4. The zero-order valence-corrected chi connectivity index (χ0v) is 20.6. The van der Waals surface area contributed by atoms with Crippen LogP contribution in [0.1, 0.15) is 32.2 Å². The summed E-state index contributed by atoms with van der Waals surface area (Å²) >= 11 is 0. The Kier molecular flexibility index (Phi) is 7.10. The van der Waals surface area contributed by atoms with Crippen molar-refractivity contribution in [3.8, 4) is 22.7 Å². The maximum Gasteiger partial charge on any atom is 0.418 e. The second-order valence-electron chi connectivity index (χ2n) is 9.11. The van der Waals surface area contributed by atoms with Gasteiger partial charge in [-0.2, -0.15) is 5.10 Å². The first-order chi connectivity index (χ1) is 17.2. The largest absolute Gasteiger partial charge is 0.457 e. The fourth-order valence-corrected chi connectivity index (χ4v) is 3.29. The number of rotatable bonds is 6. The summed E-state index contributed by atoms with van der Waals surface area (Å²) < 4.78 is 12.3. The van der Waals surface area contributed by atoms with Gasteiger partial charge in [0.05, 0.1) is 11.1 Å². The van der Waals surface area contributed by atoms with Crippen LogP contribution in [0.3, 0.4) is 0 Å². The molecule has 0 aliphatic heterocycles. The van der Waals surface area contributed by atoms with Gasteiger partial charge in [-0.25, -0.2) is 19.4 Å². The molecule has 4 aromatic rings. The van der Waals surface area contributed by atoms with Gasteiger partial charge >= 0.3 is 12.1 Å². The molecule has 2 aromatic carbocycles. The van der Waals surface area contributed by atoms with Crippen molar-refractivity contribution >= 4 is 17.9 Å². The smallest absolute Gasteiger partial charge is 0.418 e. The molecular formula is C27H27N5O4. The second-order valence-corrected chi connectivity index (χ2v) is 9.11. The topological polar surface area (TPSA) is 108 Å². The molecule has 0 radical (unpaired) electrons. The Balaban J connectivity index is 1.60. The fourth-order valence-electron chi connectivity index (χ4n) is 3.29. The molecule has 0 saturated heterocycles. The van der Waals surface area contributed by atoms with E-state index in [4.69, 9.17) is 14.6 Å². The second kappa shape index (κ2) is 10.4. The average molecular weight is 486 g/mol. The van der Waals surface area contributed by atoms with Gasteiger partial charge in [0.15, 0.2) is 12.4 Å². The monoisotopic (exact) mass is 485 g/mol. The molecule has 184 valence electrons. The van der Waals surface area contributed by atoms with Gasteiger partial charge in [0.2, 0.25) is 0 Å². The summed E-state index contributed by atoms with van der Waals surface area (Å²) in [5.74, 6) is 0.933. The van der Waals surface area contributed by atoms with Crippen molar-refractivity contribution in [3.63, 3.8) is 0 Å². The molecule has 0 unspecified atom stereocenters. The molecule has 9 nitrogen and oxygen atoms in total. The molecule has 2 heterocycles. The van der Waals surface area contributed by atoms with Crippen LogP contribution in [0, 0.1) is 12.3 Å². The Bertz CT molecular complexity index is 1340. The van der Waals surface area contributed by atoms with Gasteiger partial charge in [-0.15, -0.1) is 0 Å². The van der Waals surface area contributed by atoms with Crippen molar-refractivity contribution in [1.82, 2.24) is 19.7 Å². The molecule has 9 heteroatoms. The van der Waals surface area contributed by atoms with Gasteiger partial charge in [-0.3, -0.25) is 10.1 Å². The third kappa shape index (κ3) is 5.75. The number of esters is 1. The molecule has 0 aliphatic carbocycles. The lowest BCUT2D eigenvalue weighted by atomic mass is 9.97. The van der Waals surface area contributed by atoms with E-state index in [-0.39, 0.29) is 12.6 Å². The van der Waals surface area contributed by atoms with Crippen molar-refractivity contribution in [2.24, 2.45) is 5.41 Å². The van der Waals surface area contributed by atoms with Gasteiger partial charge in [-0.1, -0.05) is 36.4 Å². The van der Waals surface area contributed by atoms with Crippen LogP contribution < -0.4 is 10.1 Å². The van der Waals surface area contributed by atoms with Gasteiger partial charge in [0.25, 0.3) is 0 Å². The molecule has 0 atom stereocenters. The summed E-state index contributed by atoms with van der Waals surface area (Å²) in [7, 11) is 0. The van der Waals surface area contributed by atoms with E-state index in [1.807, 2.05) is 43.3 Å². The predicted molar refractivity (Wildman–Crippen MR) is 135 cm³/mol. The molecular weight excluding hydrogens is 458 g/mol. The summed E-state index contributed by atoms with van der Waals surface area (Å²) in [6.45, 7) is 7.18. The highest BCUT2D eigenvalue weighted by Gasteiger charge is 2.24. The lowest BCUT2D eigenvalue weighted by Gasteiger charge is -2.15. The van der Waals surface area contributed by atoms with Crippen LogP contribution in [0.15, 0.2) is 73.1 Å². The van der Waals surface area contributed by atoms with Crippen molar-refractivity contribution in [1.29, 1.82) is 0 Å². The number of ether oxygens (including phenoxy) is 2. The Morgan fingerprint density at radius 1 is 0.944 bits per heavy atom. The van der Waals surface area contributed by atoms with Crippen molar-refractivity contribution in [3.05, 3.63) is 84.4 Å². The Hall–Kier alpha value is -4.53. The first-order valence-corrected chi connectivity index (χ1v) is 11.4. The van der Waals surface area contributed by atoms with Crippen LogP contribution >= 0.6 is 0 Å². The molecule has 1 amide bonds. The molecule has 0 spiro atoms. The summed E-state index contributed by atoms with van der Waals surface area (Å²) in [6.07, 6.45) is 2.59. The molecule has 36 heavy (non-hydrogen) atoms. The molecule has 2 aromatic heterocycles. The van der Waals surface area contributed by atoms with Crippen molar-refractivity contribution in [2.45, 2.75) is 34.3 Å². The first kappa shape index (κ1) is 24.6. The van der Waals surface area contributed by atoms with E-state index in [0.717, 1.165) is 5.69 Å². The van der Waals surface area contributed by atoms with Crippen LogP contribution in [0.25, 0.3) is 16.9 Å². The highest BCUT2D eigenvalue weighted by atomic mass is 16.6. The molecule has 1 N–H and O–H groups in total. The fraction of sp³-hybridized carbons (Fsp3) is 0.222. The van der Waals surface area contributed by atoms with Crippen LogP contribution in [-0.4, -0.2) is 31.8 Å². The van der Waals surface area contributed by atoms with Crippen molar-refractivity contribution in [2.75, 3.05) is 5.32 Å². The van der Waals surface area contributed by atoms with E-state index < -0.39 is 11.5 Å². The van der Waals surface area contributed by atoms with Crippen LogP contribution in [0.5, 0.6) is 5.75 Å².